The molecule has 0 spiro atoms. The minimum atomic E-state index is -0.641. The Kier molecular flexibility index (Phi) is 3.29. The summed E-state index contributed by atoms with van der Waals surface area (Å²) in [5.74, 6) is 0.510. The van der Waals surface area contributed by atoms with Crippen molar-refractivity contribution in [3.8, 4) is 0 Å². The van der Waals surface area contributed by atoms with Crippen LogP contribution in [0, 0.1) is 0 Å². The lowest BCUT2D eigenvalue weighted by Gasteiger charge is -2.10. The second-order valence-electron chi connectivity index (χ2n) is 4.69. The van der Waals surface area contributed by atoms with Crippen LogP contribution in [0.3, 0.4) is 0 Å². The molecule has 0 saturated heterocycles. The van der Waals surface area contributed by atoms with Gasteiger partial charge in [-0.15, -0.1) is 0 Å². The van der Waals surface area contributed by atoms with Crippen LogP contribution in [0.1, 0.15) is 42.7 Å². The first kappa shape index (κ1) is 11.9. The van der Waals surface area contributed by atoms with Crippen LogP contribution in [0.4, 0.5) is 0 Å². The molecule has 0 radical (unpaired) electrons. The third kappa shape index (κ3) is 2.56. The number of aromatic nitrogens is 2. The molecule has 1 atom stereocenters. The van der Waals surface area contributed by atoms with Crippen LogP contribution >= 0.6 is 0 Å². The molecule has 1 unspecified atom stereocenters. The Labute approximate surface area is 102 Å². The summed E-state index contributed by atoms with van der Waals surface area (Å²) < 4.78 is 1.83. The molecule has 17 heavy (non-hydrogen) atoms. The van der Waals surface area contributed by atoms with Crippen molar-refractivity contribution < 1.29 is 5.11 Å². The molecule has 1 aromatic heterocycles. The molecular formula is C14H18N2O. The number of hydrogen-bond donors (Lipinski definition) is 1. The van der Waals surface area contributed by atoms with Crippen LogP contribution in [-0.4, -0.2) is 14.7 Å². The Morgan fingerprint density at radius 3 is 2.18 bits per heavy atom. The van der Waals surface area contributed by atoms with Crippen LogP contribution in [0.2, 0.25) is 0 Å². The van der Waals surface area contributed by atoms with Crippen molar-refractivity contribution in [3.05, 3.63) is 53.6 Å². The Morgan fingerprint density at radius 2 is 1.71 bits per heavy atom. The standard InChI is InChI=1S/C14H18N2O/c1-10(2)11-4-6-12(7-5-11)14(17)13-8-16(3)9-15-13/h4-10,14,17H,1-3H3. The Morgan fingerprint density at radius 1 is 1.12 bits per heavy atom. The lowest BCUT2D eigenvalue weighted by molar-refractivity contribution is 0.216. The van der Waals surface area contributed by atoms with Gasteiger partial charge in [0.1, 0.15) is 6.10 Å². The Balaban J connectivity index is 2.22. The zero-order valence-corrected chi connectivity index (χ0v) is 10.5. The molecule has 3 nitrogen and oxygen atoms in total. The number of aryl methyl sites for hydroxylation is 1. The second kappa shape index (κ2) is 4.72. The molecule has 1 aromatic carbocycles. The predicted molar refractivity (Wildman–Crippen MR) is 67.8 cm³/mol. The van der Waals surface area contributed by atoms with E-state index in [4.69, 9.17) is 0 Å². The van der Waals surface area contributed by atoms with E-state index in [1.54, 1.807) is 6.33 Å². The van der Waals surface area contributed by atoms with Gasteiger partial charge in [-0.2, -0.15) is 0 Å². The summed E-state index contributed by atoms with van der Waals surface area (Å²) in [6.45, 7) is 4.31. The summed E-state index contributed by atoms with van der Waals surface area (Å²) in [6, 6.07) is 8.06. The summed E-state index contributed by atoms with van der Waals surface area (Å²) in [5.41, 5.74) is 2.85. The average Bonchev–Trinajstić information content (AvgIpc) is 2.75. The lowest BCUT2D eigenvalue weighted by Crippen LogP contribution is -2.00. The Hall–Kier alpha value is -1.61. The molecule has 0 aliphatic rings. The highest BCUT2D eigenvalue weighted by Crippen LogP contribution is 2.22. The molecule has 2 aromatic rings. The van der Waals surface area contributed by atoms with Gasteiger partial charge in [-0.3, -0.25) is 0 Å². The zero-order chi connectivity index (χ0) is 12.4. The number of benzene rings is 1. The fourth-order valence-corrected chi connectivity index (χ4v) is 1.81. The van der Waals surface area contributed by atoms with E-state index in [1.807, 2.05) is 29.9 Å². The molecule has 0 aliphatic heterocycles. The lowest BCUT2D eigenvalue weighted by atomic mass is 9.99. The van der Waals surface area contributed by atoms with Gasteiger partial charge in [0.05, 0.1) is 12.0 Å². The maximum absolute atomic E-state index is 10.2. The fraction of sp³-hybridized carbons (Fsp3) is 0.357. The van der Waals surface area contributed by atoms with E-state index in [0.29, 0.717) is 11.6 Å². The first-order chi connectivity index (χ1) is 8.08. The third-order valence-electron chi connectivity index (χ3n) is 2.92. The van der Waals surface area contributed by atoms with E-state index < -0.39 is 6.10 Å². The van der Waals surface area contributed by atoms with Crippen molar-refractivity contribution in [1.82, 2.24) is 9.55 Å². The summed E-state index contributed by atoms with van der Waals surface area (Å²) in [6.07, 6.45) is 2.89. The quantitative estimate of drug-likeness (QED) is 0.880. The predicted octanol–water partition coefficient (Wildman–Crippen LogP) is 2.63. The van der Waals surface area contributed by atoms with Gasteiger partial charge in [-0.25, -0.2) is 4.98 Å². The van der Waals surface area contributed by atoms with Crippen LogP contribution in [0.5, 0.6) is 0 Å². The van der Waals surface area contributed by atoms with E-state index in [1.165, 1.54) is 5.56 Å². The number of aliphatic hydroxyl groups is 1. The van der Waals surface area contributed by atoms with Crippen molar-refractivity contribution in [1.29, 1.82) is 0 Å². The highest BCUT2D eigenvalue weighted by Gasteiger charge is 2.12. The average molecular weight is 230 g/mol. The van der Waals surface area contributed by atoms with E-state index in [0.717, 1.165) is 5.56 Å². The molecule has 0 bridgehead atoms. The second-order valence-corrected chi connectivity index (χ2v) is 4.69. The minimum absolute atomic E-state index is 0.510. The third-order valence-corrected chi connectivity index (χ3v) is 2.92. The smallest absolute Gasteiger partial charge is 0.122 e. The number of rotatable bonds is 3. The van der Waals surface area contributed by atoms with Crippen LogP contribution < -0.4 is 0 Å². The number of hydrogen-bond acceptors (Lipinski definition) is 2. The molecule has 1 N–H and O–H groups in total. The first-order valence-electron chi connectivity index (χ1n) is 5.83. The molecule has 1 heterocycles. The zero-order valence-electron chi connectivity index (χ0n) is 10.5. The molecule has 0 fully saturated rings. The maximum Gasteiger partial charge on any atom is 0.122 e. The Bertz CT molecular complexity index is 485. The first-order valence-corrected chi connectivity index (χ1v) is 5.83. The summed E-state index contributed by atoms with van der Waals surface area (Å²) in [4.78, 5) is 4.16. The highest BCUT2D eigenvalue weighted by molar-refractivity contribution is 5.29. The van der Waals surface area contributed by atoms with Gasteiger partial charge in [0, 0.05) is 13.2 Å². The van der Waals surface area contributed by atoms with Gasteiger partial charge in [0.25, 0.3) is 0 Å². The highest BCUT2D eigenvalue weighted by atomic mass is 16.3. The van der Waals surface area contributed by atoms with E-state index >= 15 is 0 Å². The van der Waals surface area contributed by atoms with E-state index in [2.05, 4.69) is 31.0 Å². The minimum Gasteiger partial charge on any atom is -0.382 e. The molecule has 0 amide bonds. The fourth-order valence-electron chi connectivity index (χ4n) is 1.81. The normalized spacial score (nSPS) is 13.0. The summed E-state index contributed by atoms with van der Waals surface area (Å²) >= 11 is 0. The van der Waals surface area contributed by atoms with Gasteiger partial charge in [-0.05, 0) is 17.0 Å². The van der Waals surface area contributed by atoms with Crippen molar-refractivity contribution in [3.63, 3.8) is 0 Å². The molecule has 0 saturated carbocycles. The van der Waals surface area contributed by atoms with E-state index in [-0.39, 0.29) is 0 Å². The molecule has 3 heteroatoms. The van der Waals surface area contributed by atoms with Crippen LogP contribution in [0.25, 0.3) is 0 Å². The van der Waals surface area contributed by atoms with Gasteiger partial charge >= 0.3 is 0 Å². The largest absolute Gasteiger partial charge is 0.382 e. The summed E-state index contributed by atoms with van der Waals surface area (Å²) in [5, 5.41) is 10.2. The van der Waals surface area contributed by atoms with Crippen molar-refractivity contribution in [2.24, 2.45) is 7.05 Å². The van der Waals surface area contributed by atoms with Gasteiger partial charge in [0.2, 0.25) is 0 Å². The molecular weight excluding hydrogens is 212 g/mol. The number of aliphatic hydroxyl groups excluding tert-OH is 1. The molecule has 90 valence electrons. The van der Waals surface area contributed by atoms with Crippen molar-refractivity contribution >= 4 is 0 Å². The van der Waals surface area contributed by atoms with Crippen molar-refractivity contribution in [2.75, 3.05) is 0 Å². The molecule has 2 rings (SSSR count). The van der Waals surface area contributed by atoms with Gasteiger partial charge < -0.3 is 9.67 Å². The maximum atomic E-state index is 10.2. The van der Waals surface area contributed by atoms with Gasteiger partial charge in [-0.1, -0.05) is 38.1 Å². The van der Waals surface area contributed by atoms with E-state index in [9.17, 15) is 5.11 Å². The number of nitrogens with zero attached hydrogens (tertiary/aromatic N) is 2. The number of imidazole rings is 1. The SMILES string of the molecule is CC(C)c1ccc(C(O)c2cn(C)cn2)cc1. The van der Waals surface area contributed by atoms with Crippen LogP contribution in [-0.2, 0) is 7.05 Å². The monoisotopic (exact) mass is 230 g/mol. The van der Waals surface area contributed by atoms with Crippen LogP contribution in [0.15, 0.2) is 36.8 Å². The van der Waals surface area contributed by atoms with Gasteiger partial charge in [0.15, 0.2) is 0 Å². The van der Waals surface area contributed by atoms with Crippen molar-refractivity contribution in [2.45, 2.75) is 25.9 Å². The topological polar surface area (TPSA) is 38.0 Å². The summed E-state index contributed by atoms with van der Waals surface area (Å²) in [7, 11) is 1.89. The molecule has 0 aliphatic carbocycles.